The van der Waals surface area contributed by atoms with Crippen LogP contribution in [0, 0.1) is 0 Å². The number of primary amides is 1. The van der Waals surface area contributed by atoms with Crippen LogP contribution in [0.2, 0.25) is 0 Å². The Kier molecular flexibility index (Phi) is 4.01. The Hall–Kier alpha value is -2.08. The fourth-order valence-corrected chi connectivity index (χ4v) is 2.25. The number of nitrogens with two attached hydrogens (primary N) is 2. The topological polar surface area (TPSA) is 101 Å². The second-order valence-electron chi connectivity index (χ2n) is 4.72. The molecule has 1 atom stereocenters. The molecule has 3 amide bonds. The molecule has 1 saturated heterocycles. The van der Waals surface area contributed by atoms with E-state index in [0.29, 0.717) is 17.8 Å². The van der Waals surface area contributed by atoms with Crippen LogP contribution in [-0.4, -0.2) is 36.0 Å². The van der Waals surface area contributed by atoms with Crippen molar-refractivity contribution in [3.63, 3.8) is 0 Å². The van der Waals surface area contributed by atoms with E-state index >= 15 is 0 Å². The molecule has 2 rings (SSSR count). The van der Waals surface area contributed by atoms with Crippen molar-refractivity contribution in [2.75, 3.05) is 18.4 Å². The summed E-state index contributed by atoms with van der Waals surface area (Å²) in [7, 11) is 0. The zero-order chi connectivity index (χ0) is 13.8. The Morgan fingerprint density at radius 3 is 2.84 bits per heavy atom. The van der Waals surface area contributed by atoms with E-state index in [0.717, 1.165) is 19.4 Å². The first-order chi connectivity index (χ1) is 9.06. The van der Waals surface area contributed by atoms with Crippen LogP contribution < -0.4 is 16.8 Å². The van der Waals surface area contributed by atoms with Gasteiger partial charge in [-0.1, -0.05) is 6.07 Å². The van der Waals surface area contributed by atoms with Gasteiger partial charge in [0.1, 0.15) is 0 Å². The summed E-state index contributed by atoms with van der Waals surface area (Å²) >= 11 is 0. The maximum Gasteiger partial charge on any atom is 0.316 e. The monoisotopic (exact) mass is 262 g/mol. The highest BCUT2D eigenvalue weighted by atomic mass is 16.2. The third-order valence-corrected chi connectivity index (χ3v) is 3.12. The van der Waals surface area contributed by atoms with Crippen LogP contribution in [0.4, 0.5) is 10.5 Å². The largest absolute Gasteiger partial charge is 0.351 e. The highest BCUT2D eigenvalue weighted by Crippen LogP contribution is 2.16. The minimum absolute atomic E-state index is 0.0460. The number of piperidine rings is 1. The lowest BCUT2D eigenvalue weighted by molar-refractivity contribution is 0.0709. The minimum atomic E-state index is -0.649. The molecule has 6 heteroatoms. The average Bonchev–Trinajstić information content (AvgIpc) is 2.37. The first-order valence-electron chi connectivity index (χ1n) is 6.27. The second-order valence-corrected chi connectivity index (χ2v) is 4.72. The van der Waals surface area contributed by atoms with Crippen LogP contribution in [-0.2, 0) is 0 Å². The first-order valence-corrected chi connectivity index (χ1v) is 6.27. The van der Waals surface area contributed by atoms with Gasteiger partial charge in [0.15, 0.2) is 0 Å². The van der Waals surface area contributed by atoms with Gasteiger partial charge in [-0.25, -0.2) is 4.79 Å². The Bertz CT molecular complexity index is 489. The third-order valence-electron chi connectivity index (χ3n) is 3.12. The fourth-order valence-electron chi connectivity index (χ4n) is 2.25. The number of anilines is 1. The van der Waals surface area contributed by atoms with E-state index in [9.17, 15) is 9.59 Å². The number of hydrogen-bond acceptors (Lipinski definition) is 3. The number of nitrogens with zero attached hydrogens (tertiary/aromatic N) is 1. The molecule has 1 aliphatic heterocycles. The number of carbonyl (C=O) groups is 2. The average molecular weight is 262 g/mol. The molecule has 102 valence electrons. The van der Waals surface area contributed by atoms with Crippen molar-refractivity contribution in [1.29, 1.82) is 0 Å². The molecule has 1 unspecified atom stereocenters. The van der Waals surface area contributed by atoms with Crippen LogP contribution in [0.25, 0.3) is 0 Å². The molecule has 0 aliphatic carbocycles. The third kappa shape index (κ3) is 3.45. The molecule has 5 N–H and O–H groups in total. The summed E-state index contributed by atoms with van der Waals surface area (Å²) in [6.45, 7) is 1.30. The van der Waals surface area contributed by atoms with Gasteiger partial charge in [-0.15, -0.1) is 0 Å². The van der Waals surface area contributed by atoms with Gasteiger partial charge < -0.3 is 21.7 Å². The summed E-state index contributed by atoms with van der Waals surface area (Å²) in [6, 6.07) is 6.13. The molecule has 0 bridgehead atoms. The Morgan fingerprint density at radius 1 is 1.37 bits per heavy atom. The number of urea groups is 1. The highest BCUT2D eigenvalue weighted by molar-refractivity contribution is 5.96. The van der Waals surface area contributed by atoms with Gasteiger partial charge >= 0.3 is 6.03 Å². The molecule has 1 aromatic rings. The zero-order valence-corrected chi connectivity index (χ0v) is 10.6. The number of carbonyl (C=O) groups excluding carboxylic acids is 2. The summed E-state index contributed by atoms with van der Waals surface area (Å²) in [5, 5.41) is 2.46. The van der Waals surface area contributed by atoms with E-state index in [1.54, 1.807) is 29.2 Å². The fraction of sp³-hybridized carbons (Fsp3) is 0.385. The predicted molar refractivity (Wildman–Crippen MR) is 72.8 cm³/mol. The molecule has 0 saturated carbocycles. The minimum Gasteiger partial charge on any atom is -0.351 e. The molecular formula is C13H18N4O2. The quantitative estimate of drug-likeness (QED) is 0.732. The molecule has 6 nitrogen and oxygen atoms in total. The maximum absolute atomic E-state index is 12.3. The Morgan fingerprint density at radius 2 is 2.16 bits per heavy atom. The SMILES string of the molecule is NC(=O)Nc1cccc(C(=O)N2CCCC(N)C2)c1. The zero-order valence-electron chi connectivity index (χ0n) is 10.6. The number of hydrogen-bond donors (Lipinski definition) is 3. The van der Waals surface area contributed by atoms with E-state index in [1.165, 1.54) is 0 Å². The van der Waals surface area contributed by atoms with E-state index in [2.05, 4.69) is 5.32 Å². The van der Waals surface area contributed by atoms with Gasteiger partial charge in [-0.3, -0.25) is 4.79 Å². The van der Waals surface area contributed by atoms with E-state index < -0.39 is 6.03 Å². The lowest BCUT2D eigenvalue weighted by atomic mass is 10.1. The number of benzene rings is 1. The van der Waals surface area contributed by atoms with Crippen LogP contribution in [0.5, 0.6) is 0 Å². The van der Waals surface area contributed by atoms with Crippen molar-refractivity contribution in [3.05, 3.63) is 29.8 Å². The van der Waals surface area contributed by atoms with E-state index in [4.69, 9.17) is 11.5 Å². The van der Waals surface area contributed by atoms with Gasteiger partial charge in [-0.05, 0) is 31.0 Å². The number of likely N-dealkylation sites (tertiary alicyclic amines) is 1. The standard InChI is InChI=1S/C13H18N4O2/c14-10-4-2-6-17(8-10)12(18)9-3-1-5-11(7-9)16-13(15)19/h1,3,5,7,10H,2,4,6,8,14H2,(H3,15,16,19). The molecular weight excluding hydrogens is 244 g/mol. The molecule has 0 aromatic heterocycles. The summed E-state index contributed by atoms with van der Waals surface area (Å²) in [5.74, 6) is -0.0664. The van der Waals surface area contributed by atoms with Gasteiger partial charge in [-0.2, -0.15) is 0 Å². The van der Waals surface area contributed by atoms with Gasteiger partial charge in [0, 0.05) is 30.4 Å². The number of nitrogens with one attached hydrogen (secondary N) is 1. The van der Waals surface area contributed by atoms with Crippen LogP contribution in [0.15, 0.2) is 24.3 Å². The van der Waals surface area contributed by atoms with E-state index in [-0.39, 0.29) is 11.9 Å². The molecule has 1 heterocycles. The molecule has 1 aliphatic rings. The molecule has 19 heavy (non-hydrogen) atoms. The van der Waals surface area contributed by atoms with Crippen LogP contribution in [0.1, 0.15) is 23.2 Å². The summed E-state index contributed by atoms with van der Waals surface area (Å²) in [5.41, 5.74) is 12.0. The molecule has 0 spiro atoms. The molecule has 1 aromatic carbocycles. The van der Waals surface area contributed by atoms with Crippen molar-refractivity contribution in [2.45, 2.75) is 18.9 Å². The van der Waals surface area contributed by atoms with Gasteiger partial charge in [0.05, 0.1) is 0 Å². The van der Waals surface area contributed by atoms with Gasteiger partial charge in [0.25, 0.3) is 5.91 Å². The second kappa shape index (κ2) is 5.71. The predicted octanol–water partition coefficient (Wildman–Crippen LogP) is 0.741. The lowest BCUT2D eigenvalue weighted by Gasteiger charge is -2.30. The van der Waals surface area contributed by atoms with Crippen LogP contribution >= 0.6 is 0 Å². The van der Waals surface area contributed by atoms with E-state index in [1.807, 2.05) is 0 Å². The summed E-state index contributed by atoms with van der Waals surface area (Å²) in [6.07, 6.45) is 1.87. The first kappa shape index (κ1) is 13.4. The highest BCUT2D eigenvalue weighted by Gasteiger charge is 2.22. The number of amides is 3. The normalized spacial score (nSPS) is 19.0. The summed E-state index contributed by atoms with van der Waals surface area (Å²) < 4.78 is 0. The van der Waals surface area contributed by atoms with Crippen molar-refractivity contribution in [2.24, 2.45) is 11.5 Å². The van der Waals surface area contributed by atoms with Crippen LogP contribution in [0.3, 0.4) is 0 Å². The van der Waals surface area contributed by atoms with Crippen molar-refractivity contribution in [1.82, 2.24) is 4.90 Å². The lowest BCUT2D eigenvalue weighted by Crippen LogP contribution is -2.45. The Balaban J connectivity index is 2.12. The summed E-state index contributed by atoms with van der Waals surface area (Å²) in [4.78, 5) is 24.9. The van der Waals surface area contributed by atoms with Crippen molar-refractivity contribution < 1.29 is 9.59 Å². The molecule has 0 radical (unpaired) electrons. The smallest absolute Gasteiger partial charge is 0.316 e. The Labute approximate surface area is 111 Å². The maximum atomic E-state index is 12.3. The van der Waals surface area contributed by atoms with Crippen molar-refractivity contribution in [3.8, 4) is 0 Å². The molecule has 1 fully saturated rings. The number of rotatable bonds is 2. The van der Waals surface area contributed by atoms with Gasteiger partial charge in [0.2, 0.25) is 0 Å². The van der Waals surface area contributed by atoms with Crippen molar-refractivity contribution >= 4 is 17.6 Å².